The molecule has 6 nitrogen and oxygen atoms in total. The van der Waals surface area contributed by atoms with Gasteiger partial charge in [-0.2, -0.15) is 4.31 Å². The van der Waals surface area contributed by atoms with Crippen molar-refractivity contribution < 1.29 is 13.2 Å². The fourth-order valence-corrected chi connectivity index (χ4v) is 6.56. The third kappa shape index (κ3) is 5.38. The summed E-state index contributed by atoms with van der Waals surface area (Å²) in [5.74, 6) is -0.0747. The lowest BCUT2D eigenvalue weighted by Crippen LogP contribution is -2.48. The van der Waals surface area contributed by atoms with Gasteiger partial charge in [0.05, 0.1) is 10.9 Å². The van der Waals surface area contributed by atoms with Crippen LogP contribution < -0.4 is 5.32 Å². The molecule has 7 heteroatoms. The smallest absolute Gasteiger partial charge is 0.251 e. The molecule has 0 aromatic heterocycles. The van der Waals surface area contributed by atoms with Crippen LogP contribution in [0, 0.1) is 0 Å². The fraction of sp³-hybridized carbons (Fsp3) is 0.345. The van der Waals surface area contributed by atoms with Gasteiger partial charge in [-0.1, -0.05) is 48.5 Å². The van der Waals surface area contributed by atoms with Gasteiger partial charge in [-0.25, -0.2) is 8.42 Å². The van der Waals surface area contributed by atoms with Crippen molar-refractivity contribution in [1.82, 2.24) is 14.5 Å². The van der Waals surface area contributed by atoms with Crippen LogP contribution in [0.3, 0.4) is 0 Å². The van der Waals surface area contributed by atoms with Gasteiger partial charge in [0.25, 0.3) is 5.91 Å². The van der Waals surface area contributed by atoms with Gasteiger partial charge in [0, 0.05) is 38.3 Å². The predicted octanol–water partition coefficient (Wildman–Crippen LogP) is 4.17. The second-order valence-electron chi connectivity index (χ2n) is 9.77. The fourth-order valence-electron chi connectivity index (χ4n) is 5.11. The molecule has 0 bridgehead atoms. The van der Waals surface area contributed by atoms with Crippen molar-refractivity contribution in [2.45, 2.75) is 43.7 Å². The van der Waals surface area contributed by atoms with Gasteiger partial charge in [-0.05, 0) is 72.7 Å². The minimum absolute atomic E-state index is 0.0495. The quantitative estimate of drug-likeness (QED) is 0.525. The average Bonchev–Trinajstić information content (AvgIpc) is 3.38. The second-order valence-corrected chi connectivity index (χ2v) is 11.7. The maximum absolute atomic E-state index is 12.8. The van der Waals surface area contributed by atoms with E-state index in [1.807, 2.05) is 37.3 Å². The highest BCUT2D eigenvalue weighted by molar-refractivity contribution is 7.89. The van der Waals surface area contributed by atoms with Crippen LogP contribution in [0.15, 0.2) is 77.7 Å². The Labute approximate surface area is 214 Å². The van der Waals surface area contributed by atoms with Crippen LogP contribution in [-0.2, 0) is 29.4 Å². The van der Waals surface area contributed by atoms with Crippen LogP contribution in [0.2, 0.25) is 0 Å². The lowest BCUT2D eigenvalue weighted by molar-refractivity contribution is 0.0940. The zero-order valence-electron chi connectivity index (χ0n) is 20.7. The summed E-state index contributed by atoms with van der Waals surface area (Å²) >= 11 is 0. The Bertz CT molecular complexity index is 1320. The molecule has 2 aliphatic rings. The van der Waals surface area contributed by atoms with E-state index in [1.54, 1.807) is 28.6 Å². The molecule has 1 N–H and O–H groups in total. The molecule has 1 aliphatic heterocycles. The van der Waals surface area contributed by atoms with E-state index in [1.165, 1.54) is 17.5 Å². The number of nitrogens with one attached hydrogen (secondary N) is 1. The molecule has 0 spiro atoms. The first-order chi connectivity index (χ1) is 17.4. The zero-order valence-corrected chi connectivity index (χ0v) is 21.5. The first kappa shape index (κ1) is 24.7. The number of rotatable bonds is 7. The number of amides is 1. The number of sulfonamides is 1. The minimum atomic E-state index is -3.44. The molecule has 5 rings (SSSR count). The third-order valence-electron chi connectivity index (χ3n) is 7.30. The molecule has 1 heterocycles. The largest absolute Gasteiger partial charge is 0.346 e. The van der Waals surface area contributed by atoms with E-state index in [9.17, 15) is 13.2 Å². The Morgan fingerprint density at radius 2 is 1.58 bits per heavy atom. The van der Waals surface area contributed by atoms with Crippen LogP contribution in [-0.4, -0.2) is 49.7 Å². The molecular formula is C29H33N3O3S. The lowest BCUT2D eigenvalue weighted by Gasteiger charge is -2.34. The van der Waals surface area contributed by atoms with Gasteiger partial charge in [0.2, 0.25) is 10.0 Å². The zero-order chi connectivity index (χ0) is 25.1. The van der Waals surface area contributed by atoms with Crippen molar-refractivity contribution in [3.8, 4) is 0 Å². The molecule has 0 radical (unpaired) electrons. The van der Waals surface area contributed by atoms with E-state index in [4.69, 9.17) is 0 Å². The lowest BCUT2D eigenvalue weighted by atomic mass is 10.0. The van der Waals surface area contributed by atoms with E-state index >= 15 is 0 Å². The third-order valence-corrected chi connectivity index (χ3v) is 9.22. The van der Waals surface area contributed by atoms with E-state index in [-0.39, 0.29) is 11.9 Å². The van der Waals surface area contributed by atoms with Crippen LogP contribution in [0.1, 0.15) is 52.0 Å². The molecule has 0 unspecified atom stereocenters. The highest BCUT2D eigenvalue weighted by Gasteiger charge is 2.28. The number of hydrogen-bond acceptors (Lipinski definition) is 4. The summed E-state index contributed by atoms with van der Waals surface area (Å²) in [6.45, 7) is 5.04. The standard InChI is InChI=1S/C29H33N3O3S/c1-22(26-15-14-24-6-5-7-27(24)20-26)30-29(33)25-12-10-23(11-13-25)21-31-16-18-32(19-17-31)36(34,35)28-8-3-2-4-9-28/h2-4,8-15,20,22H,5-7,16-19,21H2,1H3,(H,30,33)/t22-/m0/s1. The van der Waals surface area contributed by atoms with Crippen LogP contribution in [0.25, 0.3) is 0 Å². The molecule has 1 atom stereocenters. The number of aryl methyl sites for hydroxylation is 2. The van der Waals surface area contributed by atoms with Crippen molar-refractivity contribution in [3.05, 3.63) is 101 Å². The molecular weight excluding hydrogens is 470 g/mol. The van der Waals surface area contributed by atoms with Crippen molar-refractivity contribution in [2.75, 3.05) is 26.2 Å². The normalized spacial score (nSPS) is 17.5. The average molecular weight is 504 g/mol. The molecule has 1 fully saturated rings. The van der Waals surface area contributed by atoms with Gasteiger partial charge in [-0.15, -0.1) is 0 Å². The summed E-state index contributed by atoms with van der Waals surface area (Å²) in [6, 6.07) is 22.8. The molecule has 3 aromatic carbocycles. The highest BCUT2D eigenvalue weighted by Crippen LogP contribution is 2.25. The van der Waals surface area contributed by atoms with Gasteiger partial charge in [0.1, 0.15) is 0 Å². The summed E-state index contributed by atoms with van der Waals surface area (Å²) in [4.78, 5) is 15.4. The van der Waals surface area contributed by atoms with E-state index < -0.39 is 10.0 Å². The summed E-state index contributed by atoms with van der Waals surface area (Å²) in [6.07, 6.45) is 3.50. The van der Waals surface area contributed by atoms with Gasteiger partial charge in [0.15, 0.2) is 0 Å². The van der Waals surface area contributed by atoms with Crippen molar-refractivity contribution in [1.29, 1.82) is 0 Å². The molecule has 1 amide bonds. The van der Waals surface area contributed by atoms with Crippen LogP contribution in [0.5, 0.6) is 0 Å². The maximum atomic E-state index is 12.8. The highest BCUT2D eigenvalue weighted by atomic mass is 32.2. The van der Waals surface area contributed by atoms with E-state index in [2.05, 4.69) is 28.4 Å². The predicted molar refractivity (Wildman–Crippen MR) is 141 cm³/mol. The number of carbonyl (C=O) groups excluding carboxylic acids is 1. The Balaban J connectivity index is 1.13. The first-order valence-electron chi connectivity index (χ1n) is 12.7. The Morgan fingerprint density at radius 3 is 2.31 bits per heavy atom. The number of hydrogen-bond donors (Lipinski definition) is 1. The summed E-state index contributed by atoms with van der Waals surface area (Å²) in [5, 5.41) is 3.13. The monoisotopic (exact) mass is 503 g/mol. The van der Waals surface area contributed by atoms with E-state index in [0.717, 1.165) is 30.5 Å². The molecule has 1 saturated heterocycles. The molecule has 3 aromatic rings. The van der Waals surface area contributed by atoms with Crippen molar-refractivity contribution >= 4 is 15.9 Å². The number of benzene rings is 3. The number of carbonyl (C=O) groups is 1. The number of fused-ring (bicyclic) bond motifs is 1. The van der Waals surface area contributed by atoms with E-state index in [0.29, 0.717) is 36.6 Å². The van der Waals surface area contributed by atoms with Crippen LogP contribution in [0.4, 0.5) is 0 Å². The van der Waals surface area contributed by atoms with Gasteiger partial charge in [-0.3, -0.25) is 9.69 Å². The SMILES string of the molecule is C[C@H](NC(=O)c1ccc(CN2CCN(S(=O)(=O)c3ccccc3)CC2)cc1)c1ccc2c(c1)CCC2. The molecule has 36 heavy (non-hydrogen) atoms. The Hall–Kier alpha value is -3.00. The maximum Gasteiger partial charge on any atom is 0.251 e. The van der Waals surface area contributed by atoms with Gasteiger partial charge >= 0.3 is 0 Å². The Morgan fingerprint density at radius 1 is 0.889 bits per heavy atom. The summed E-state index contributed by atoms with van der Waals surface area (Å²) in [7, 11) is -3.44. The summed E-state index contributed by atoms with van der Waals surface area (Å²) in [5.41, 5.74) is 5.75. The van der Waals surface area contributed by atoms with Crippen LogP contribution >= 0.6 is 0 Å². The Kier molecular flexibility index (Phi) is 7.23. The molecule has 1 aliphatic carbocycles. The number of piperazine rings is 1. The van der Waals surface area contributed by atoms with Crippen molar-refractivity contribution in [2.24, 2.45) is 0 Å². The minimum Gasteiger partial charge on any atom is -0.346 e. The summed E-state index contributed by atoms with van der Waals surface area (Å²) < 4.78 is 27.2. The number of nitrogens with zero attached hydrogens (tertiary/aromatic N) is 2. The molecule has 0 saturated carbocycles. The van der Waals surface area contributed by atoms with Crippen molar-refractivity contribution in [3.63, 3.8) is 0 Å². The second kappa shape index (κ2) is 10.5. The first-order valence-corrected chi connectivity index (χ1v) is 14.1. The van der Waals surface area contributed by atoms with Gasteiger partial charge < -0.3 is 5.32 Å². The molecule has 188 valence electrons. The topological polar surface area (TPSA) is 69.7 Å².